The fourth-order valence-electron chi connectivity index (χ4n) is 1.89. The fraction of sp³-hybridized carbons (Fsp3) is 0.125. The van der Waals surface area contributed by atoms with E-state index in [1.165, 1.54) is 18.2 Å². The summed E-state index contributed by atoms with van der Waals surface area (Å²) in [5.41, 5.74) is 2.09. The summed E-state index contributed by atoms with van der Waals surface area (Å²) in [7, 11) is 0. The van der Waals surface area contributed by atoms with Crippen molar-refractivity contribution in [3.8, 4) is 6.07 Å². The Morgan fingerprint density at radius 1 is 1.25 bits per heavy atom. The maximum Gasteiger partial charge on any atom is 0.185 e. The zero-order chi connectivity index (χ0) is 14.7. The Labute approximate surface area is 130 Å². The molecule has 0 heterocycles. The molecule has 0 saturated heterocycles. The molecule has 0 aliphatic heterocycles. The molecule has 0 aliphatic rings. The van der Waals surface area contributed by atoms with Gasteiger partial charge >= 0.3 is 0 Å². The second-order valence-electron chi connectivity index (χ2n) is 4.46. The molecule has 0 saturated carbocycles. The van der Waals surface area contributed by atoms with Gasteiger partial charge in [0, 0.05) is 9.13 Å². The molecule has 1 unspecified atom stereocenters. The minimum atomic E-state index is -0.866. The third kappa shape index (κ3) is 3.05. The summed E-state index contributed by atoms with van der Waals surface area (Å²) >= 11 is 1.91. The molecular weight excluding hydrogens is 368 g/mol. The van der Waals surface area contributed by atoms with E-state index in [-0.39, 0.29) is 5.78 Å². The van der Waals surface area contributed by atoms with E-state index in [4.69, 9.17) is 0 Å². The Kier molecular flexibility index (Phi) is 4.50. The van der Waals surface area contributed by atoms with Crippen molar-refractivity contribution < 1.29 is 9.18 Å². The van der Waals surface area contributed by atoms with Crippen LogP contribution in [0, 0.1) is 27.6 Å². The minimum Gasteiger partial charge on any atom is -0.292 e. The Morgan fingerprint density at radius 2 is 1.90 bits per heavy atom. The second kappa shape index (κ2) is 6.14. The summed E-state index contributed by atoms with van der Waals surface area (Å²) in [5, 5.41) is 9.28. The number of rotatable bonds is 3. The smallest absolute Gasteiger partial charge is 0.185 e. The lowest BCUT2D eigenvalue weighted by Gasteiger charge is -2.10. The predicted octanol–water partition coefficient (Wildman–Crippen LogP) is 4.23. The molecule has 0 amide bonds. The largest absolute Gasteiger partial charge is 0.292 e. The van der Waals surface area contributed by atoms with Gasteiger partial charge in [-0.3, -0.25) is 4.79 Å². The van der Waals surface area contributed by atoms with E-state index in [2.05, 4.69) is 0 Å². The highest BCUT2D eigenvalue weighted by molar-refractivity contribution is 14.1. The summed E-state index contributed by atoms with van der Waals surface area (Å²) < 4.78 is 13.6. The van der Waals surface area contributed by atoms with Crippen molar-refractivity contribution in [2.24, 2.45) is 0 Å². The van der Waals surface area contributed by atoms with Crippen LogP contribution in [0.15, 0.2) is 42.5 Å². The van der Waals surface area contributed by atoms with E-state index in [9.17, 15) is 14.4 Å². The molecule has 0 radical (unpaired) electrons. The van der Waals surface area contributed by atoms with Crippen LogP contribution in [0.4, 0.5) is 4.39 Å². The fourth-order valence-corrected chi connectivity index (χ4v) is 2.63. The lowest BCUT2D eigenvalue weighted by molar-refractivity contribution is 0.0978. The molecule has 0 aliphatic carbocycles. The van der Waals surface area contributed by atoms with Gasteiger partial charge in [-0.05, 0) is 53.3 Å². The maximum atomic E-state index is 13.1. The Morgan fingerprint density at radius 3 is 2.45 bits per heavy atom. The second-order valence-corrected chi connectivity index (χ2v) is 5.62. The molecule has 0 aromatic heterocycles. The van der Waals surface area contributed by atoms with Crippen LogP contribution in [0.1, 0.15) is 27.4 Å². The van der Waals surface area contributed by atoms with Crippen LogP contribution >= 0.6 is 22.6 Å². The number of ketones is 1. The van der Waals surface area contributed by atoms with Gasteiger partial charge in [-0.25, -0.2) is 4.39 Å². The number of benzene rings is 2. The van der Waals surface area contributed by atoms with Crippen molar-refractivity contribution in [1.82, 2.24) is 0 Å². The van der Waals surface area contributed by atoms with Crippen molar-refractivity contribution in [3.05, 3.63) is 68.5 Å². The number of aryl methyl sites for hydroxylation is 1. The summed E-state index contributed by atoms with van der Waals surface area (Å²) in [6.45, 7) is 1.94. The molecule has 0 N–H and O–H groups in total. The first kappa shape index (κ1) is 14.7. The van der Waals surface area contributed by atoms with Gasteiger partial charge in [-0.2, -0.15) is 5.26 Å². The highest BCUT2D eigenvalue weighted by Gasteiger charge is 2.23. The molecule has 0 bridgehead atoms. The van der Waals surface area contributed by atoms with E-state index in [1.807, 2.05) is 47.7 Å². The highest BCUT2D eigenvalue weighted by atomic mass is 127. The molecule has 0 spiro atoms. The summed E-state index contributed by atoms with van der Waals surface area (Å²) in [4.78, 5) is 12.4. The average Bonchev–Trinajstić information content (AvgIpc) is 2.41. The monoisotopic (exact) mass is 379 g/mol. The first-order valence-corrected chi connectivity index (χ1v) is 7.06. The molecule has 4 heteroatoms. The molecule has 20 heavy (non-hydrogen) atoms. The van der Waals surface area contributed by atoms with Crippen molar-refractivity contribution in [1.29, 1.82) is 5.26 Å². The first-order chi connectivity index (χ1) is 9.52. The number of carbonyl (C=O) groups is 1. The maximum absolute atomic E-state index is 13.1. The van der Waals surface area contributed by atoms with Gasteiger partial charge in [-0.1, -0.05) is 29.8 Å². The molecule has 0 fully saturated rings. The van der Waals surface area contributed by atoms with E-state index < -0.39 is 11.7 Å². The Bertz CT molecular complexity index is 689. The Hall–Kier alpha value is -1.74. The van der Waals surface area contributed by atoms with Gasteiger partial charge in [0.25, 0.3) is 0 Å². The molecule has 1 atom stereocenters. The van der Waals surface area contributed by atoms with E-state index in [1.54, 1.807) is 12.1 Å². The lowest BCUT2D eigenvalue weighted by Crippen LogP contribution is -2.13. The van der Waals surface area contributed by atoms with Gasteiger partial charge in [0.1, 0.15) is 11.7 Å². The first-order valence-electron chi connectivity index (χ1n) is 5.98. The number of nitriles is 1. The summed E-state index contributed by atoms with van der Waals surface area (Å²) in [5.74, 6) is -1.56. The summed E-state index contributed by atoms with van der Waals surface area (Å²) in [6, 6.07) is 13.3. The van der Waals surface area contributed by atoms with E-state index >= 15 is 0 Å². The van der Waals surface area contributed by atoms with Crippen molar-refractivity contribution in [2.75, 3.05) is 0 Å². The standard InChI is InChI=1S/C16H11FINO/c1-10-2-4-11(5-3-10)14(9-19)16(20)13-7-6-12(17)8-15(13)18/h2-8,14H,1H3. The van der Waals surface area contributed by atoms with E-state index in [0.29, 0.717) is 14.7 Å². The number of hydrogen-bond donors (Lipinski definition) is 0. The number of hydrogen-bond acceptors (Lipinski definition) is 2. The molecule has 2 aromatic carbocycles. The summed E-state index contributed by atoms with van der Waals surface area (Å²) in [6.07, 6.45) is 0. The molecule has 2 rings (SSSR count). The quantitative estimate of drug-likeness (QED) is 0.592. The van der Waals surface area contributed by atoms with Crippen LogP contribution < -0.4 is 0 Å². The third-order valence-corrected chi connectivity index (χ3v) is 3.89. The predicted molar refractivity (Wildman–Crippen MR) is 83.0 cm³/mol. The zero-order valence-electron chi connectivity index (χ0n) is 10.7. The van der Waals surface area contributed by atoms with Crippen molar-refractivity contribution in [2.45, 2.75) is 12.8 Å². The Balaban J connectivity index is 2.39. The number of nitrogens with zero attached hydrogens (tertiary/aromatic N) is 1. The molecule has 100 valence electrons. The number of carbonyl (C=O) groups excluding carboxylic acids is 1. The van der Waals surface area contributed by atoms with Crippen LogP contribution in [0.25, 0.3) is 0 Å². The van der Waals surface area contributed by atoms with Gasteiger partial charge in [0.15, 0.2) is 5.78 Å². The van der Waals surface area contributed by atoms with Crippen LogP contribution in [0.2, 0.25) is 0 Å². The third-order valence-electron chi connectivity index (χ3n) is 3.00. The van der Waals surface area contributed by atoms with Gasteiger partial charge in [0.05, 0.1) is 6.07 Å². The van der Waals surface area contributed by atoms with Gasteiger partial charge < -0.3 is 0 Å². The SMILES string of the molecule is Cc1ccc(C(C#N)C(=O)c2ccc(F)cc2I)cc1. The van der Waals surface area contributed by atoms with Crippen LogP contribution in [0.5, 0.6) is 0 Å². The van der Waals surface area contributed by atoms with Crippen LogP contribution in [-0.2, 0) is 0 Å². The van der Waals surface area contributed by atoms with Gasteiger partial charge in [0.2, 0.25) is 0 Å². The zero-order valence-corrected chi connectivity index (χ0v) is 12.9. The van der Waals surface area contributed by atoms with Crippen molar-refractivity contribution in [3.63, 3.8) is 0 Å². The van der Waals surface area contributed by atoms with Crippen molar-refractivity contribution >= 4 is 28.4 Å². The van der Waals surface area contributed by atoms with Crippen LogP contribution in [-0.4, -0.2) is 5.78 Å². The minimum absolute atomic E-state index is 0.305. The topological polar surface area (TPSA) is 40.9 Å². The number of halogens is 2. The van der Waals surface area contributed by atoms with Gasteiger partial charge in [-0.15, -0.1) is 0 Å². The van der Waals surface area contributed by atoms with Crippen LogP contribution in [0.3, 0.4) is 0 Å². The van der Waals surface area contributed by atoms with E-state index in [0.717, 1.165) is 5.56 Å². The highest BCUT2D eigenvalue weighted by Crippen LogP contribution is 2.24. The average molecular weight is 379 g/mol. The normalized spacial score (nSPS) is 11.7. The molecule has 2 nitrogen and oxygen atoms in total. The lowest BCUT2D eigenvalue weighted by atomic mass is 9.91. The molecule has 2 aromatic rings. The number of Topliss-reactive ketones (excluding diaryl/α,β-unsaturated/α-hetero) is 1. The molecular formula is C16H11FINO.